The van der Waals surface area contributed by atoms with Crippen LogP contribution in [-0.4, -0.2) is 13.0 Å². The predicted octanol–water partition coefficient (Wildman–Crippen LogP) is 6.29. The lowest BCUT2D eigenvalue weighted by atomic mass is 10.2. The molecule has 0 atom stereocenters. The summed E-state index contributed by atoms with van der Waals surface area (Å²) in [5.41, 5.74) is 1.32. The van der Waals surface area contributed by atoms with Gasteiger partial charge in [-0.1, -0.05) is 43.5 Å². The van der Waals surface area contributed by atoms with Gasteiger partial charge in [-0.2, -0.15) is 0 Å². The molecule has 0 fully saturated rings. The van der Waals surface area contributed by atoms with Gasteiger partial charge in [0.15, 0.2) is 0 Å². The molecule has 23 heavy (non-hydrogen) atoms. The molecule has 0 unspecified atom stereocenters. The zero-order valence-electron chi connectivity index (χ0n) is 11.9. The van der Waals surface area contributed by atoms with E-state index in [1.165, 1.54) is 6.08 Å². The largest absolute Gasteiger partial charge is 0.495 e. The summed E-state index contributed by atoms with van der Waals surface area (Å²) in [5, 5.41) is 3.19. The van der Waals surface area contributed by atoms with Crippen molar-refractivity contribution in [2.75, 3.05) is 12.4 Å². The number of hydrogen-bond acceptors (Lipinski definition) is 2. The van der Waals surface area contributed by atoms with Gasteiger partial charge in [-0.3, -0.25) is 4.79 Å². The molecule has 1 amide bonds. The van der Waals surface area contributed by atoms with Gasteiger partial charge in [-0.05, 0) is 52.3 Å². The third-order valence-corrected chi connectivity index (χ3v) is 4.70. The second-order valence-corrected chi connectivity index (χ2v) is 7.55. The zero-order valence-corrected chi connectivity index (χ0v) is 17.4. The summed E-state index contributed by atoms with van der Waals surface area (Å²) in [6.07, 6.45) is 3.10. The molecule has 2 rings (SSSR count). The van der Waals surface area contributed by atoms with Crippen molar-refractivity contribution in [1.82, 2.24) is 0 Å². The van der Waals surface area contributed by atoms with E-state index in [0.717, 1.165) is 19.0 Å². The summed E-state index contributed by atoms with van der Waals surface area (Å²) in [4.78, 5) is 12.1. The standard InChI is InChI=1S/C16H11Br3ClNO2/c1-23-16-9(6-11(18)7-12(16)19)2-5-15(22)21-14-4-3-10(17)8-13(14)20/h2-8H,1H3,(H,21,22)/b5-2+. The summed E-state index contributed by atoms with van der Waals surface area (Å²) < 4.78 is 7.86. The Labute approximate surface area is 164 Å². The van der Waals surface area contributed by atoms with Crippen molar-refractivity contribution in [3.8, 4) is 5.75 Å². The highest BCUT2D eigenvalue weighted by molar-refractivity contribution is 9.11. The van der Waals surface area contributed by atoms with Crippen LogP contribution >= 0.6 is 59.4 Å². The molecule has 0 aliphatic rings. The molecule has 1 N–H and O–H groups in total. The molecule has 7 heteroatoms. The normalized spacial score (nSPS) is 10.8. The van der Waals surface area contributed by atoms with E-state index >= 15 is 0 Å². The molecule has 120 valence electrons. The average molecular weight is 524 g/mol. The molecule has 0 aromatic heterocycles. The maximum atomic E-state index is 12.1. The summed E-state index contributed by atoms with van der Waals surface area (Å²) in [5.74, 6) is 0.367. The van der Waals surface area contributed by atoms with E-state index in [9.17, 15) is 4.79 Å². The maximum Gasteiger partial charge on any atom is 0.248 e. The van der Waals surface area contributed by atoms with Gasteiger partial charge in [0.1, 0.15) is 5.75 Å². The van der Waals surface area contributed by atoms with Crippen LogP contribution in [0.15, 0.2) is 49.8 Å². The quantitative estimate of drug-likeness (QED) is 0.478. The van der Waals surface area contributed by atoms with E-state index in [1.54, 1.807) is 31.4 Å². The molecular formula is C16H11Br3ClNO2. The minimum Gasteiger partial charge on any atom is -0.495 e. The number of anilines is 1. The van der Waals surface area contributed by atoms with Crippen LogP contribution < -0.4 is 10.1 Å². The van der Waals surface area contributed by atoms with Crippen molar-refractivity contribution in [2.45, 2.75) is 0 Å². The van der Waals surface area contributed by atoms with Crippen LogP contribution in [0.4, 0.5) is 5.69 Å². The SMILES string of the molecule is COc1c(Br)cc(Br)cc1/C=C/C(=O)Nc1ccc(Br)cc1Cl. The summed E-state index contributed by atoms with van der Waals surface area (Å²) >= 11 is 16.2. The lowest BCUT2D eigenvalue weighted by Gasteiger charge is -2.08. The number of carbonyl (C=O) groups is 1. The van der Waals surface area contributed by atoms with Gasteiger partial charge in [0.2, 0.25) is 5.91 Å². The van der Waals surface area contributed by atoms with Crippen LogP contribution in [0.5, 0.6) is 5.75 Å². The Balaban J connectivity index is 2.18. The fourth-order valence-corrected chi connectivity index (χ4v) is 3.99. The van der Waals surface area contributed by atoms with Gasteiger partial charge < -0.3 is 10.1 Å². The molecule has 0 radical (unpaired) electrons. The number of amides is 1. The minimum atomic E-state index is -0.285. The second kappa shape index (κ2) is 8.33. The first-order valence-electron chi connectivity index (χ1n) is 6.38. The Morgan fingerprint density at radius 3 is 2.57 bits per heavy atom. The van der Waals surface area contributed by atoms with Gasteiger partial charge in [0.25, 0.3) is 0 Å². The molecule has 0 aliphatic heterocycles. The lowest BCUT2D eigenvalue weighted by Crippen LogP contribution is -2.08. The van der Waals surface area contributed by atoms with E-state index in [2.05, 4.69) is 53.1 Å². The highest BCUT2D eigenvalue weighted by atomic mass is 79.9. The van der Waals surface area contributed by atoms with Crippen molar-refractivity contribution < 1.29 is 9.53 Å². The summed E-state index contributed by atoms with van der Waals surface area (Å²) in [6, 6.07) is 8.99. The Hall–Kier alpha value is -0.820. The third-order valence-electron chi connectivity index (χ3n) is 2.84. The van der Waals surface area contributed by atoms with Gasteiger partial charge in [0.05, 0.1) is 22.3 Å². The first kappa shape index (κ1) is 18.5. The van der Waals surface area contributed by atoms with E-state index in [4.69, 9.17) is 16.3 Å². The molecular weight excluding hydrogens is 513 g/mol. The zero-order chi connectivity index (χ0) is 17.0. The first-order chi connectivity index (χ1) is 10.9. The molecule has 2 aromatic carbocycles. The number of benzene rings is 2. The van der Waals surface area contributed by atoms with Crippen LogP contribution in [0.2, 0.25) is 5.02 Å². The minimum absolute atomic E-state index is 0.285. The number of halogens is 4. The van der Waals surface area contributed by atoms with Gasteiger partial charge in [-0.15, -0.1) is 0 Å². The van der Waals surface area contributed by atoms with Crippen molar-refractivity contribution in [3.05, 3.63) is 60.4 Å². The van der Waals surface area contributed by atoms with E-state index in [0.29, 0.717) is 16.5 Å². The Morgan fingerprint density at radius 1 is 1.17 bits per heavy atom. The van der Waals surface area contributed by atoms with Gasteiger partial charge in [0, 0.05) is 20.6 Å². The Bertz CT molecular complexity index is 778. The van der Waals surface area contributed by atoms with Gasteiger partial charge >= 0.3 is 0 Å². The lowest BCUT2D eigenvalue weighted by molar-refractivity contribution is -0.111. The van der Waals surface area contributed by atoms with E-state index in [-0.39, 0.29) is 5.91 Å². The fourth-order valence-electron chi connectivity index (χ4n) is 1.85. The smallest absolute Gasteiger partial charge is 0.248 e. The van der Waals surface area contributed by atoms with Crippen LogP contribution in [0, 0.1) is 0 Å². The molecule has 0 bridgehead atoms. The fraction of sp³-hybridized carbons (Fsp3) is 0.0625. The molecule has 0 saturated carbocycles. The van der Waals surface area contributed by atoms with Crippen molar-refractivity contribution in [2.24, 2.45) is 0 Å². The van der Waals surface area contributed by atoms with Crippen molar-refractivity contribution in [3.63, 3.8) is 0 Å². The predicted molar refractivity (Wildman–Crippen MR) is 105 cm³/mol. The highest BCUT2D eigenvalue weighted by Gasteiger charge is 2.08. The van der Waals surface area contributed by atoms with Crippen LogP contribution in [0.1, 0.15) is 5.56 Å². The molecule has 0 aliphatic carbocycles. The number of nitrogens with one attached hydrogen (secondary N) is 1. The van der Waals surface area contributed by atoms with Crippen LogP contribution in [0.3, 0.4) is 0 Å². The summed E-state index contributed by atoms with van der Waals surface area (Å²) in [6.45, 7) is 0. The van der Waals surface area contributed by atoms with E-state index < -0.39 is 0 Å². The first-order valence-corrected chi connectivity index (χ1v) is 9.13. The highest BCUT2D eigenvalue weighted by Crippen LogP contribution is 2.33. The number of carbonyl (C=O) groups excluding carboxylic acids is 1. The number of methoxy groups -OCH3 is 1. The molecule has 0 heterocycles. The van der Waals surface area contributed by atoms with Crippen molar-refractivity contribution in [1.29, 1.82) is 0 Å². The van der Waals surface area contributed by atoms with E-state index in [1.807, 2.05) is 12.1 Å². The van der Waals surface area contributed by atoms with Crippen LogP contribution in [0.25, 0.3) is 6.08 Å². The summed E-state index contributed by atoms with van der Waals surface area (Å²) in [7, 11) is 1.58. The Kier molecular flexibility index (Phi) is 6.71. The topological polar surface area (TPSA) is 38.3 Å². The molecule has 0 spiro atoms. The van der Waals surface area contributed by atoms with Gasteiger partial charge in [-0.25, -0.2) is 0 Å². The number of hydrogen-bond donors (Lipinski definition) is 1. The molecule has 2 aromatic rings. The third kappa shape index (κ3) is 5.08. The Morgan fingerprint density at radius 2 is 1.91 bits per heavy atom. The maximum absolute atomic E-state index is 12.1. The van der Waals surface area contributed by atoms with Crippen molar-refractivity contribution >= 4 is 77.1 Å². The second-order valence-electron chi connectivity index (χ2n) is 4.46. The molecule has 0 saturated heterocycles. The number of ether oxygens (including phenoxy) is 1. The average Bonchev–Trinajstić information content (AvgIpc) is 2.47. The number of rotatable bonds is 4. The van der Waals surface area contributed by atoms with Crippen LogP contribution in [-0.2, 0) is 4.79 Å². The molecule has 3 nitrogen and oxygen atoms in total. The monoisotopic (exact) mass is 521 g/mol.